The van der Waals surface area contributed by atoms with Crippen LogP contribution >= 0.6 is 7.60 Å². The normalized spacial score (nSPS) is 13.8. The van der Waals surface area contributed by atoms with Gasteiger partial charge in [-0.1, -0.05) is 13.3 Å². The molecule has 0 fully saturated rings. The zero-order chi connectivity index (χ0) is 23.6. The predicted molar refractivity (Wildman–Crippen MR) is 104 cm³/mol. The molecule has 16 heteroatoms. The number of hydrogen-bond acceptors (Lipinski definition) is 9. The molecule has 0 aliphatic heterocycles. The zero-order valence-corrected chi connectivity index (χ0v) is 18.0. The molecule has 0 spiro atoms. The molecule has 0 bridgehead atoms. The number of unbranched alkanes of at least 4 members (excludes halogenated alkanes) is 1. The maximum Gasteiger partial charge on any atom is 0.412 e. The second kappa shape index (κ2) is 12.1. The molecule has 0 aliphatic carbocycles. The van der Waals surface area contributed by atoms with Crippen LogP contribution in [0.25, 0.3) is 11.2 Å². The first-order valence-electron chi connectivity index (χ1n) is 9.39. The van der Waals surface area contributed by atoms with Gasteiger partial charge >= 0.3 is 19.9 Å². The third kappa shape index (κ3) is 9.04. The molecular formula is C16H23F3N5O7P. The molecule has 1 atom stereocenters. The van der Waals surface area contributed by atoms with Crippen LogP contribution in [0.3, 0.4) is 0 Å². The summed E-state index contributed by atoms with van der Waals surface area (Å²) >= 11 is 0. The van der Waals surface area contributed by atoms with E-state index in [1.54, 1.807) is 4.57 Å². The number of rotatable bonds is 13. The van der Waals surface area contributed by atoms with Crippen molar-refractivity contribution in [2.45, 2.75) is 32.5 Å². The van der Waals surface area contributed by atoms with Gasteiger partial charge in [-0.25, -0.2) is 19.7 Å². The monoisotopic (exact) mass is 485 g/mol. The van der Waals surface area contributed by atoms with Gasteiger partial charge in [-0.3, -0.25) is 14.4 Å². The highest BCUT2D eigenvalue weighted by atomic mass is 31.2. The number of alkyl halides is 3. The molecule has 2 aromatic rings. The van der Waals surface area contributed by atoms with E-state index in [-0.39, 0.29) is 25.6 Å². The quantitative estimate of drug-likeness (QED) is 0.247. The number of carbonyl (C=O) groups is 1. The molecule has 1 amide bonds. The number of nitrogens with zero attached hydrogens (tertiary/aromatic N) is 4. The first kappa shape index (κ1) is 25.9. The lowest BCUT2D eigenvalue weighted by Crippen LogP contribution is -2.17. The molecule has 2 aromatic heterocycles. The van der Waals surface area contributed by atoms with Gasteiger partial charge in [0.2, 0.25) is 0 Å². The van der Waals surface area contributed by atoms with Gasteiger partial charge < -0.3 is 23.7 Å². The molecule has 0 radical (unpaired) electrons. The average molecular weight is 485 g/mol. The summed E-state index contributed by atoms with van der Waals surface area (Å²) in [5, 5.41) is 2.50. The zero-order valence-electron chi connectivity index (χ0n) is 17.1. The van der Waals surface area contributed by atoms with E-state index in [1.165, 1.54) is 12.7 Å². The Morgan fingerprint density at radius 1 is 1.25 bits per heavy atom. The maximum atomic E-state index is 12.0. The Balaban J connectivity index is 1.77. The predicted octanol–water partition coefficient (Wildman–Crippen LogP) is 2.89. The highest BCUT2D eigenvalue weighted by Gasteiger charge is 2.32. The Kier molecular flexibility index (Phi) is 9.78. The van der Waals surface area contributed by atoms with Gasteiger partial charge in [-0.05, 0) is 6.42 Å². The number of hydrogen-bond donors (Lipinski definition) is 2. The summed E-state index contributed by atoms with van der Waals surface area (Å²) in [6.07, 6.45) is -2.02. The fourth-order valence-corrected chi connectivity index (χ4v) is 2.95. The average Bonchev–Trinajstić information content (AvgIpc) is 3.13. The Hall–Kier alpha value is -2.32. The van der Waals surface area contributed by atoms with Gasteiger partial charge in [0.25, 0.3) is 0 Å². The third-order valence-electron chi connectivity index (χ3n) is 3.68. The topological polar surface area (TPSA) is 147 Å². The van der Waals surface area contributed by atoms with E-state index in [0.29, 0.717) is 11.2 Å². The molecule has 1 unspecified atom stereocenters. The van der Waals surface area contributed by atoms with Crippen LogP contribution in [-0.2, 0) is 29.8 Å². The maximum absolute atomic E-state index is 12.0. The second-order valence-electron chi connectivity index (χ2n) is 6.33. The Morgan fingerprint density at radius 3 is 2.75 bits per heavy atom. The van der Waals surface area contributed by atoms with E-state index in [9.17, 15) is 27.4 Å². The van der Waals surface area contributed by atoms with E-state index < -0.39 is 39.6 Å². The molecule has 0 saturated heterocycles. The van der Waals surface area contributed by atoms with Gasteiger partial charge in [-0.2, -0.15) is 13.2 Å². The second-order valence-corrected chi connectivity index (χ2v) is 8.12. The van der Waals surface area contributed by atoms with Crippen molar-refractivity contribution >= 4 is 30.7 Å². The van der Waals surface area contributed by atoms with Crippen molar-refractivity contribution in [3.63, 3.8) is 0 Å². The van der Waals surface area contributed by atoms with Gasteiger partial charge in [0.15, 0.2) is 29.9 Å². The lowest BCUT2D eigenvalue weighted by atomic mass is 10.4. The number of ether oxygens (including phenoxy) is 3. The first-order chi connectivity index (χ1) is 15.1. The van der Waals surface area contributed by atoms with Crippen molar-refractivity contribution in [3.05, 3.63) is 12.7 Å². The van der Waals surface area contributed by atoms with Crippen LogP contribution < -0.4 is 5.32 Å². The minimum absolute atomic E-state index is 0.0659. The molecule has 2 N–H and O–H groups in total. The first-order valence-corrected chi connectivity index (χ1v) is 11.2. The van der Waals surface area contributed by atoms with Crippen LogP contribution in [0, 0.1) is 0 Å². The smallest absolute Gasteiger partial charge is 0.412 e. The number of anilines is 1. The Morgan fingerprint density at radius 2 is 2.03 bits per heavy atom. The number of carbonyl (C=O) groups excluding carboxylic acids is 1. The number of fused-ring (bicyclic) bond motifs is 1. The molecular weight excluding hydrogens is 462 g/mol. The molecule has 2 heterocycles. The van der Waals surface area contributed by atoms with Crippen molar-refractivity contribution in [1.29, 1.82) is 0 Å². The van der Waals surface area contributed by atoms with Crippen molar-refractivity contribution in [3.8, 4) is 0 Å². The SMILES string of the molecule is CCCCOC(=O)Nc1ncnc2c1ncn2CCOCOCP(=O)(O)OCC(F)(F)F. The molecule has 0 aromatic carbocycles. The van der Waals surface area contributed by atoms with Crippen molar-refractivity contribution < 1.29 is 46.2 Å². The van der Waals surface area contributed by atoms with Crippen LogP contribution in [0.15, 0.2) is 12.7 Å². The highest BCUT2D eigenvalue weighted by Crippen LogP contribution is 2.43. The summed E-state index contributed by atoms with van der Waals surface area (Å²) in [6.45, 7) is 0.265. The van der Waals surface area contributed by atoms with Gasteiger partial charge in [0, 0.05) is 6.54 Å². The Bertz CT molecular complexity index is 927. The third-order valence-corrected chi connectivity index (χ3v) is 4.72. The Labute approximate surface area is 180 Å². The van der Waals surface area contributed by atoms with Crippen LogP contribution in [0.1, 0.15) is 19.8 Å². The summed E-state index contributed by atoms with van der Waals surface area (Å²) in [5.41, 5.74) is 0.744. The summed E-state index contributed by atoms with van der Waals surface area (Å²) in [4.78, 5) is 33.3. The highest BCUT2D eigenvalue weighted by molar-refractivity contribution is 7.52. The van der Waals surface area contributed by atoms with E-state index in [0.717, 1.165) is 12.8 Å². The van der Waals surface area contributed by atoms with E-state index in [2.05, 4.69) is 24.8 Å². The molecule has 12 nitrogen and oxygen atoms in total. The van der Waals surface area contributed by atoms with Gasteiger partial charge in [-0.15, -0.1) is 0 Å². The van der Waals surface area contributed by atoms with Crippen LogP contribution in [0.5, 0.6) is 0 Å². The summed E-state index contributed by atoms with van der Waals surface area (Å²) in [6, 6.07) is 0. The summed E-state index contributed by atoms with van der Waals surface area (Å²) in [5.74, 6) is 0.178. The molecule has 0 aliphatic rings. The number of nitrogens with one attached hydrogen (secondary N) is 1. The van der Waals surface area contributed by atoms with E-state index in [4.69, 9.17) is 14.2 Å². The fraction of sp³-hybridized carbons (Fsp3) is 0.625. The minimum Gasteiger partial charge on any atom is -0.449 e. The van der Waals surface area contributed by atoms with Crippen LogP contribution in [-0.4, -0.2) is 69.6 Å². The molecule has 180 valence electrons. The van der Waals surface area contributed by atoms with E-state index in [1.807, 2.05) is 6.92 Å². The number of amides is 1. The van der Waals surface area contributed by atoms with Crippen molar-refractivity contribution in [2.75, 3.05) is 38.3 Å². The largest absolute Gasteiger partial charge is 0.449 e. The van der Waals surface area contributed by atoms with E-state index >= 15 is 0 Å². The fourth-order valence-electron chi connectivity index (χ4n) is 2.22. The number of halogens is 3. The summed E-state index contributed by atoms with van der Waals surface area (Å²) < 4.78 is 67.8. The van der Waals surface area contributed by atoms with Crippen LogP contribution in [0.2, 0.25) is 0 Å². The molecule has 0 saturated carbocycles. The number of imidazole rings is 1. The lowest BCUT2D eigenvalue weighted by molar-refractivity contribution is -0.155. The van der Waals surface area contributed by atoms with Gasteiger partial charge in [0.1, 0.15) is 13.1 Å². The minimum atomic E-state index is -4.73. The van der Waals surface area contributed by atoms with Crippen molar-refractivity contribution in [2.24, 2.45) is 0 Å². The number of aromatic nitrogens is 4. The van der Waals surface area contributed by atoms with Gasteiger partial charge in [0.05, 0.1) is 19.5 Å². The molecule has 2 rings (SSSR count). The van der Waals surface area contributed by atoms with Crippen LogP contribution in [0.4, 0.5) is 23.8 Å². The molecule has 32 heavy (non-hydrogen) atoms. The summed E-state index contributed by atoms with van der Waals surface area (Å²) in [7, 11) is -4.54. The van der Waals surface area contributed by atoms with Crippen molar-refractivity contribution in [1.82, 2.24) is 19.5 Å². The standard InChI is InChI=1S/C16H23F3N5O7P/c1-2-3-5-30-15(25)23-13-12-14(21-8-20-13)24(9-22-12)4-6-28-10-29-11-32(26,27)31-7-16(17,18)19/h8-9H,2-7,10-11H2,1H3,(H,26,27)(H,20,21,23,25). The lowest BCUT2D eigenvalue weighted by Gasteiger charge is -2.14.